The summed E-state index contributed by atoms with van der Waals surface area (Å²) in [6.45, 7) is 4.34. The zero-order valence-corrected chi connectivity index (χ0v) is 8.61. The van der Waals surface area contributed by atoms with Gasteiger partial charge in [0.05, 0.1) is 5.69 Å². The lowest BCUT2D eigenvalue weighted by atomic mass is 10.3. The monoisotopic (exact) mass is 191 g/mol. The summed E-state index contributed by atoms with van der Waals surface area (Å²) in [4.78, 5) is 0. The van der Waals surface area contributed by atoms with Gasteiger partial charge in [0.1, 0.15) is 0 Å². The van der Waals surface area contributed by atoms with Gasteiger partial charge in [-0.25, -0.2) is 5.01 Å². The van der Waals surface area contributed by atoms with Gasteiger partial charge < -0.3 is 10.3 Å². The maximum atomic E-state index is 3.35. The average Bonchev–Trinajstić information content (AvgIpc) is 2.30. The van der Waals surface area contributed by atoms with Crippen LogP contribution < -0.4 is 10.3 Å². The quantitative estimate of drug-likeness (QED) is 0.750. The number of nitrogens with zero attached hydrogens (tertiary/aromatic N) is 2. The average molecular weight is 191 g/mol. The van der Waals surface area contributed by atoms with Crippen molar-refractivity contribution in [2.24, 2.45) is 0 Å². The molecular weight excluding hydrogens is 174 g/mol. The highest BCUT2D eigenvalue weighted by atomic mass is 15.6. The number of hydrogen-bond acceptors (Lipinski definition) is 3. The minimum atomic E-state index is 1.08. The van der Waals surface area contributed by atoms with E-state index >= 15 is 0 Å². The van der Waals surface area contributed by atoms with Crippen LogP contribution in [0.3, 0.4) is 0 Å². The molecule has 1 aromatic carbocycles. The van der Waals surface area contributed by atoms with Gasteiger partial charge in [0.15, 0.2) is 0 Å². The standard InChI is InChI=1S/C11H17N3/c1-13(11-5-3-2-4-6-11)14-9-7-12-8-10-14/h2-6,12H,7-10H2,1H3. The number of hydrogen-bond donors (Lipinski definition) is 1. The van der Waals surface area contributed by atoms with Crippen LogP contribution in [0.4, 0.5) is 5.69 Å². The lowest BCUT2D eigenvalue weighted by molar-refractivity contribution is 0.232. The maximum Gasteiger partial charge on any atom is 0.0518 e. The van der Waals surface area contributed by atoms with Crippen LogP contribution in [0.5, 0.6) is 0 Å². The molecule has 1 aliphatic rings. The van der Waals surface area contributed by atoms with Gasteiger partial charge in [-0.05, 0) is 12.1 Å². The zero-order valence-electron chi connectivity index (χ0n) is 8.61. The summed E-state index contributed by atoms with van der Waals surface area (Å²) >= 11 is 0. The van der Waals surface area contributed by atoms with Gasteiger partial charge in [-0.15, -0.1) is 0 Å². The van der Waals surface area contributed by atoms with E-state index in [1.54, 1.807) is 0 Å². The minimum absolute atomic E-state index is 1.08. The lowest BCUT2D eigenvalue weighted by Gasteiger charge is -2.36. The van der Waals surface area contributed by atoms with Crippen molar-refractivity contribution in [2.75, 3.05) is 38.2 Å². The molecule has 1 aliphatic heterocycles. The Labute approximate surface area is 85.3 Å². The Morgan fingerprint density at radius 3 is 2.43 bits per heavy atom. The maximum absolute atomic E-state index is 3.35. The van der Waals surface area contributed by atoms with Crippen LogP contribution in [0.1, 0.15) is 0 Å². The third-order valence-corrected chi connectivity index (χ3v) is 2.65. The summed E-state index contributed by atoms with van der Waals surface area (Å²) in [5.74, 6) is 0. The van der Waals surface area contributed by atoms with E-state index in [9.17, 15) is 0 Å². The van der Waals surface area contributed by atoms with E-state index in [0.717, 1.165) is 26.2 Å². The summed E-state index contributed by atoms with van der Waals surface area (Å²) in [6, 6.07) is 10.5. The van der Waals surface area contributed by atoms with E-state index in [1.165, 1.54) is 5.69 Å². The van der Waals surface area contributed by atoms with Crippen LogP contribution in [0.25, 0.3) is 0 Å². The fourth-order valence-electron chi connectivity index (χ4n) is 1.76. The van der Waals surface area contributed by atoms with Crippen LogP contribution >= 0.6 is 0 Å². The highest BCUT2D eigenvalue weighted by Crippen LogP contribution is 2.13. The molecule has 3 nitrogen and oxygen atoms in total. The first-order valence-electron chi connectivity index (χ1n) is 5.12. The van der Waals surface area contributed by atoms with Crippen LogP contribution in [0, 0.1) is 0 Å². The van der Waals surface area contributed by atoms with Crippen molar-refractivity contribution in [1.29, 1.82) is 0 Å². The van der Waals surface area contributed by atoms with Gasteiger partial charge in [0.25, 0.3) is 0 Å². The Kier molecular flexibility index (Phi) is 3.01. The number of para-hydroxylation sites is 1. The molecular formula is C11H17N3. The molecule has 0 aliphatic carbocycles. The highest BCUT2D eigenvalue weighted by molar-refractivity contribution is 5.43. The molecule has 76 valence electrons. The van der Waals surface area contributed by atoms with E-state index in [-0.39, 0.29) is 0 Å². The Hall–Kier alpha value is -1.06. The topological polar surface area (TPSA) is 18.5 Å². The molecule has 0 radical (unpaired) electrons. The second-order valence-corrected chi connectivity index (χ2v) is 3.56. The molecule has 1 aromatic rings. The highest BCUT2D eigenvalue weighted by Gasteiger charge is 2.13. The lowest BCUT2D eigenvalue weighted by Crippen LogP contribution is -2.51. The molecule has 1 N–H and O–H groups in total. The molecule has 0 aromatic heterocycles. The minimum Gasteiger partial charge on any atom is -0.314 e. The summed E-state index contributed by atoms with van der Waals surface area (Å²) in [7, 11) is 2.13. The number of rotatable bonds is 2. The molecule has 2 rings (SSSR count). The largest absolute Gasteiger partial charge is 0.314 e. The van der Waals surface area contributed by atoms with Crippen molar-refractivity contribution in [1.82, 2.24) is 10.3 Å². The molecule has 0 spiro atoms. The second-order valence-electron chi connectivity index (χ2n) is 3.56. The van der Waals surface area contributed by atoms with E-state index in [2.05, 4.69) is 52.7 Å². The van der Waals surface area contributed by atoms with Crippen molar-refractivity contribution in [3.05, 3.63) is 30.3 Å². The molecule has 3 heteroatoms. The zero-order chi connectivity index (χ0) is 9.80. The Balaban J connectivity index is 2.03. The van der Waals surface area contributed by atoms with Gasteiger partial charge in [-0.3, -0.25) is 0 Å². The predicted octanol–water partition coefficient (Wildman–Crippen LogP) is 0.943. The first-order chi connectivity index (χ1) is 6.88. The van der Waals surface area contributed by atoms with Gasteiger partial charge in [-0.2, -0.15) is 0 Å². The first kappa shape index (κ1) is 9.49. The van der Waals surface area contributed by atoms with E-state index in [0.29, 0.717) is 0 Å². The van der Waals surface area contributed by atoms with Crippen molar-refractivity contribution in [2.45, 2.75) is 0 Å². The molecule has 1 fully saturated rings. The number of benzene rings is 1. The van der Waals surface area contributed by atoms with Crippen molar-refractivity contribution >= 4 is 5.69 Å². The predicted molar refractivity (Wildman–Crippen MR) is 59.3 cm³/mol. The van der Waals surface area contributed by atoms with E-state index in [4.69, 9.17) is 0 Å². The third-order valence-electron chi connectivity index (χ3n) is 2.65. The molecule has 14 heavy (non-hydrogen) atoms. The molecule has 1 saturated heterocycles. The number of anilines is 1. The van der Waals surface area contributed by atoms with Crippen LogP contribution in [0.15, 0.2) is 30.3 Å². The van der Waals surface area contributed by atoms with Gasteiger partial charge in [-0.1, -0.05) is 18.2 Å². The van der Waals surface area contributed by atoms with Crippen molar-refractivity contribution in [3.8, 4) is 0 Å². The van der Waals surface area contributed by atoms with Crippen LogP contribution in [0.2, 0.25) is 0 Å². The molecule has 0 atom stereocenters. The number of piperazine rings is 1. The molecule has 0 unspecified atom stereocenters. The molecule has 1 heterocycles. The summed E-state index contributed by atoms with van der Waals surface area (Å²) in [6.07, 6.45) is 0. The summed E-state index contributed by atoms with van der Waals surface area (Å²) in [5, 5.41) is 7.96. The SMILES string of the molecule is CN(c1ccccc1)N1CCNCC1. The Bertz CT molecular complexity index is 267. The van der Waals surface area contributed by atoms with E-state index < -0.39 is 0 Å². The number of nitrogens with one attached hydrogen (secondary N) is 1. The Morgan fingerprint density at radius 1 is 1.14 bits per heavy atom. The smallest absolute Gasteiger partial charge is 0.0518 e. The summed E-state index contributed by atoms with van der Waals surface area (Å²) < 4.78 is 0. The summed E-state index contributed by atoms with van der Waals surface area (Å²) in [5.41, 5.74) is 1.26. The van der Waals surface area contributed by atoms with Crippen LogP contribution in [-0.4, -0.2) is 38.2 Å². The number of hydrazine groups is 1. The van der Waals surface area contributed by atoms with E-state index in [1.807, 2.05) is 0 Å². The van der Waals surface area contributed by atoms with Gasteiger partial charge >= 0.3 is 0 Å². The third kappa shape index (κ3) is 2.05. The molecule has 0 saturated carbocycles. The fourth-order valence-corrected chi connectivity index (χ4v) is 1.76. The Morgan fingerprint density at radius 2 is 1.79 bits per heavy atom. The molecule has 0 bridgehead atoms. The second kappa shape index (κ2) is 4.44. The van der Waals surface area contributed by atoms with Gasteiger partial charge in [0.2, 0.25) is 0 Å². The van der Waals surface area contributed by atoms with Crippen molar-refractivity contribution in [3.63, 3.8) is 0 Å². The van der Waals surface area contributed by atoms with Gasteiger partial charge in [0, 0.05) is 33.2 Å². The normalized spacial score (nSPS) is 18.1. The fraction of sp³-hybridized carbons (Fsp3) is 0.455. The van der Waals surface area contributed by atoms with Crippen molar-refractivity contribution < 1.29 is 0 Å². The van der Waals surface area contributed by atoms with Crippen LogP contribution in [-0.2, 0) is 0 Å². The first-order valence-corrected chi connectivity index (χ1v) is 5.12. The molecule has 0 amide bonds.